The Balaban J connectivity index is 1.28. The van der Waals surface area contributed by atoms with Crippen LogP contribution in [0.4, 0.5) is 8.78 Å². The van der Waals surface area contributed by atoms with E-state index in [1.54, 1.807) is 24.3 Å². The number of halogens is 2. The van der Waals surface area contributed by atoms with Crippen molar-refractivity contribution >= 4 is 76.2 Å². The fourth-order valence-corrected chi connectivity index (χ4v) is 12.2. The molecule has 4 aromatic heterocycles. The largest absolute Gasteiger partial charge is 0.307 e. The number of para-hydroxylation sites is 2. The molecule has 74 heavy (non-hydrogen) atoms. The number of rotatable bonds is 4. The SMILES string of the molecule is CC(C)(C)c1cc(-c2cccc3c4c5c6cc(-c7cccc(F)c7)ccc6n6c7c(-c8cc(C(C)(C)C)cc(C(C)(C)C)c8)cccc7c(c7c8cc(-c9cccc(F)c9)ccc8n(c23)c74)c56)cc(C(C)(C)C)c1. The molecule has 0 N–H and O–H groups in total. The Bertz CT molecular complexity index is 4120. The third-order valence-corrected chi connectivity index (χ3v) is 16.2. The lowest BCUT2D eigenvalue weighted by atomic mass is 9.78. The van der Waals surface area contributed by atoms with Gasteiger partial charge in [-0.3, -0.25) is 0 Å². The highest BCUT2D eigenvalue weighted by Crippen LogP contribution is 2.55. The highest BCUT2D eigenvalue weighted by atomic mass is 19.1. The molecule has 9 aromatic carbocycles. The zero-order valence-electron chi connectivity index (χ0n) is 44.7. The molecule has 0 atom stereocenters. The van der Waals surface area contributed by atoms with Gasteiger partial charge >= 0.3 is 0 Å². The second-order valence-corrected chi connectivity index (χ2v) is 25.4. The van der Waals surface area contributed by atoms with Crippen LogP contribution in [-0.2, 0) is 21.7 Å². The first-order valence-corrected chi connectivity index (χ1v) is 26.3. The van der Waals surface area contributed by atoms with Gasteiger partial charge in [-0.25, -0.2) is 8.78 Å². The summed E-state index contributed by atoms with van der Waals surface area (Å²) in [6.07, 6.45) is 0. The minimum absolute atomic E-state index is 0.0778. The number of aromatic nitrogens is 2. The predicted octanol–water partition coefficient (Wildman–Crippen LogP) is 20.1. The van der Waals surface area contributed by atoms with Gasteiger partial charge in [-0.2, -0.15) is 0 Å². The van der Waals surface area contributed by atoms with Crippen LogP contribution in [-0.4, -0.2) is 8.80 Å². The first-order valence-electron chi connectivity index (χ1n) is 26.3. The molecule has 0 spiro atoms. The molecule has 0 bridgehead atoms. The van der Waals surface area contributed by atoms with Gasteiger partial charge in [0.1, 0.15) is 11.6 Å². The van der Waals surface area contributed by atoms with Crippen molar-refractivity contribution in [3.05, 3.63) is 192 Å². The summed E-state index contributed by atoms with van der Waals surface area (Å²) < 4.78 is 35.3. The maximum atomic E-state index is 15.1. The summed E-state index contributed by atoms with van der Waals surface area (Å²) in [6.45, 7) is 27.7. The first kappa shape index (κ1) is 46.2. The predicted molar refractivity (Wildman–Crippen MR) is 312 cm³/mol. The van der Waals surface area contributed by atoms with Crippen LogP contribution in [0.5, 0.6) is 0 Å². The van der Waals surface area contributed by atoms with Gasteiger partial charge < -0.3 is 8.80 Å². The molecule has 0 aliphatic carbocycles. The normalized spacial score (nSPS) is 13.3. The van der Waals surface area contributed by atoms with Gasteiger partial charge in [-0.1, -0.05) is 192 Å². The van der Waals surface area contributed by atoms with Gasteiger partial charge in [0.25, 0.3) is 0 Å². The summed E-state index contributed by atoms with van der Waals surface area (Å²) in [4.78, 5) is 0. The number of hydrogen-bond donors (Lipinski definition) is 0. The van der Waals surface area contributed by atoms with E-state index in [0.717, 1.165) is 55.1 Å². The zero-order chi connectivity index (χ0) is 51.7. The van der Waals surface area contributed by atoms with Gasteiger partial charge in [-0.05, 0) is 126 Å². The summed E-state index contributed by atoms with van der Waals surface area (Å²) >= 11 is 0. The maximum absolute atomic E-state index is 15.1. The number of hydrogen-bond acceptors (Lipinski definition) is 0. The fourth-order valence-electron chi connectivity index (χ4n) is 12.2. The van der Waals surface area contributed by atoms with Crippen molar-refractivity contribution in [2.24, 2.45) is 0 Å². The Hall–Kier alpha value is -7.56. The molecule has 0 aliphatic heterocycles. The number of benzene rings is 9. The molecule has 0 unspecified atom stereocenters. The highest BCUT2D eigenvalue weighted by Gasteiger charge is 2.32. The molecular weight excluding hydrogens is 907 g/mol. The summed E-state index contributed by atoms with van der Waals surface area (Å²) in [5.74, 6) is -0.513. The molecule has 0 radical (unpaired) electrons. The second kappa shape index (κ2) is 15.5. The van der Waals surface area contributed by atoms with Crippen molar-refractivity contribution in [2.45, 2.75) is 105 Å². The molecule has 0 aliphatic rings. The number of nitrogens with zero attached hydrogens (tertiary/aromatic N) is 2. The van der Waals surface area contributed by atoms with Gasteiger partial charge in [-0.15, -0.1) is 0 Å². The summed E-state index contributed by atoms with van der Waals surface area (Å²) in [5.41, 5.74) is 20.1. The number of fused-ring (bicyclic) bond motifs is 14. The van der Waals surface area contributed by atoms with Crippen LogP contribution in [0.1, 0.15) is 105 Å². The van der Waals surface area contributed by atoms with E-state index in [2.05, 4.69) is 201 Å². The monoisotopic (exact) mass is 968 g/mol. The van der Waals surface area contributed by atoms with Crippen LogP contribution >= 0.6 is 0 Å². The van der Waals surface area contributed by atoms with Crippen LogP contribution in [0, 0.1) is 11.6 Å². The smallest absolute Gasteiger partial charge is 0.123 e. The minimum atomic E-state index is -0.256. The summed E-state index contributed by atoms with van der Waals surface area (Å²) in [5, 5.41) is 9.38. The standard InChI is InChI=1S/C70H62F2N2/c1-67(2,3)45-29-43(30-46(37-45)68(4,5)6)51-21-15-23-53-59-61-56-36-42(40-18-14-20-50(72)34-40)26-28-58(56)74-64-52(44-31-47(69(7,8)9)38-48(32-44)70(10,11)12)22-16-24-54(64)60(66(61)74)62-55-35-41(39-17-13-19-49(71)33-39)25-27-57(55)73(63(51)53)65(59)62/h13-38H,1-12H3. The van der Waals surface area contributed by atoms with Crippen LogP contribution in [0.2, 0.25) is 0 Å². The fraction of sp³-hybridized carbons (Fsp3) is 0.229. The zero-order valence-corrected chi connectivity index (χ0v) is 44.7. The van der Waals surface area contributed by atoms with E-state index in [1.807, 2.05) is 12.1 Å². The maximum Gasteiger partial charge on any atom is 0.123 e. The second-order valence-electron chi connectivity index (χ2n) is 25.4. The average Bonchev–Trinajstić information content (AvgIpc) is 4.27. The minimum Gasteiger partial charge on any atom is -0.307 e. The van der Waals surface area contributed by atoms with Crippen LogP contribution in [0.15, 0.2) is 158 Å². The molecule has 4 heterocycles. The van der Waals surface area contributed by atoms with Crippen molar-refractivity contribution in [1.29, 1.82) is 0 Å². The Morgan fingerprint density at radius 1 is 0.284 bits per heavy atom. The Morgan fingerprint density at radius 2 is 0.608 bits per heavy atom. The van der Waals surface area contributed by atoms with Gasteiger partial charge in [0.05, 0.1) is 33.1 Å². The molecule has 13 aromatic rings. The van der Waals surface area contributed by atoms with Crippen molar-refractivity contribution in [3.63, 3.8) is 0 Å². The van der Waals surface area contributed by atoms with E-state index < -0.39 is 0 Å². The van der Waals surface area contributed by atoms with Gasteiger partial charge in [0, 0.05) is 54.2 Å². The Kier molecular flexibility index (Phi) is 9.68. The van der Waals surface area contributed by atoms with Crippen LogP contribution in [0.3, 0.4) is 0 Å². The van der Waals surface area contributed by atoms with E-state index in [1.165, 1.54) is 100.0 Å². The van der Waals surface area contributed by atoms with E-state index in [0.29, 0.717) is 0 Å². The Morgan fingerprint density at radius 3 is 0.946 bits per heavy atom. The topological polar surface area (TPSA) is 8.82 Å². The van der Waals surface area contributed by atoms with Crippen LogP contribution in [0.25, 0.3) is 121 Å². The summed E-state index contributed by atoms with van der Waals surface area (Å²) in [7, 11) is 0. The molecule has 0 amide bonds. The lowest BCUT2D eigenvalue weighted by Gasteiger charge is -2.26. The lowest BCUT2D eigenvalue weighted by molar-refractivity contribution is 0.568. The lowest BCUT2D eigenvalue weighted by Crippen LogP contribution is -2.16. The van der Waals surface area contributed by atoms with Crippen molar-refractivity contribution < 1.29 is 8.78 Å². The van der Waals surface area contributed by atoms with E-state index in [4.69, 9.17) is 0 Å². The first-order chi connectivity index (χ1) is 35.0. The molecule has 13 rings (SSSR count). The average molecular weight is 969 g/mol. The summed E-state index contributed by atoms with van der Waals surface area (Å²) in [6, 6.07) is 55.6. The van der Waals surface area contributed by atoms with Crippen molar-refractivity contribution in [1.82, 2.24) is 8.80 Å². The van der Waals surface area contributed by atoms with Crippen molar-refractivity contribution in [3.8, 4) is 44.5 Å². The quantitative estimate of drug-likeness (QED) is 0.166. The molecule has 4 heteroatoms. The Labute approximate surface area is 432 Å². The molecule has 366 valence electrons. The third kappa shape index (κ3) is 6.86. The van der Waals surface area contributed by atoms with Crippen LogP contribution < -0.4 is 0 Å². The third-order valence-electron chi connectivity index (χ3n) is 16.2. The molecule has 2 nitrogen and oxygen atoms in total. The molecule has 0 fully saturated rings. The van der Waals surface area contributed by atoms with E-state index in [9.17, 15) is 0 Å². The molecular formula is C70H62F2N2. The highest BCUT2D eigenvalue weighted by molar-refractivity contribution is 6.46. The van der Waals surface area contributed by atoms with E-state index in [-0.39, 0.29) is 33.3 Å². The van der Waals surface area contributed by atoms with E-state index >= 15 is 8.78 Å². The van der Waals surface area contributed by atoms with Gasteiger partial charge in [0.15, 0.2) is 0 Å². The molecule has 0 saturated heterocycles. The van der Waals surface area contributed by atoms with Crippen molar-refractivity contribution in [2.75, 3.05) is 0 Å². The molecule has 0 saturated carbocycles. The van der Waals surface area contributed by atoms with Gasteiger partial charge in [0.2, 0.25) is 0 Å².